The predicted octanol–water partition coefficient (Wildman–Crippen LogP) is 1.78. The van der Waals surface area contributed by atoms with Gasteiger partial charge in [-0.25, -0.2) is 8.42 Å². The Morgan fingerprint density at radius 3 is 2.31 bits per heavy atom. The maximum absolute atomic E-state index is 12.6. The summed E-state index contributed by atoms with van der Waals surface area (Å²) in [5.74, 6) is 0.123. The topological polar surface area (TPSA) is 83.7 Å². The van der Waals surface area contributed by atoms with E-state index >= 15 is 0 Å². The van der Waals surface area contributed by atoms with E-state index in [0.29, 0.717) is 37.4 Å². The molecule has 1 aromatic rings. The normalized spacial score (nSPS) is 21.4. The fourth-order valence-electron chi connectivity index (χ4n) is 3.51. The molecule has 0 aliphatic carbocycles. The Morgan fingerprint density at radius 1 is 1.08 bits per heavy atom. The van der Waals surface area contributed by atoms with Crippen LogP contribution >= 0.6 is 12.4 Å². The molecule has 26 heavy (non-hydrogen) atoms. The van der Waals surface area contributed by atoms with Gasteiger partial charge in [0.2, 0.25) is 15.9 Å². The molecule has 2 fully saturated rings. The van der Waals surface area contributed by atoms with Gasteiger partial charge in [-0.2, -0.15) is 4.31 Å². The zero-order chi connectivity index (χ0) is 17.9. The standard InChI is InChI=1S/C18H27N3O3S.ClH/c19-16-10-13-20(14-16)18(22)9-6-15-4-7-17(8-5-15)25(23,24)21-11-2-1-3-12-21;/h4-5,7-8,16H,1-3,6,9-14,19H2;1H/t16-;/m1./s1. The number of nitrogens with zero attached hydrogens (tertiary/aromatic N) is 2. The molecular weight excluding hydrogens is 374 g/mol. The molecule has 0 unspecified atom stereocenters. The van der Waals surface area contributed by atoms with E-state index in [1.54, 1.807) is 16.4 Å². The van der Waals surface area contributed by atoms with Gasteiger partial charge >= 0.3 is 0 Å². The van der Waals surface area contributed by atoms with Crippen LogP contribution in [0.3, 0.4) is 0 Å². The molecule has 3 rings (SSSR count). The summed E-state index contributed by atoms with van der Waals surface area (Å²) in [4.78, 5) is 14.3. The molecule has 2 aliphatic rings. The van der Waals surface area contributed by atoms with Crippen molar-refractivity contribution in [2.24, 2.45) is 5.73 Å². The fourth-order valence-corrected chi connectivity index (χ4v) is 5.02. The Kier molecular flexibility index (Phi) is 7.46. The Balaban J connectivity index is 0.00000243. The molecule has 2 saturated heterocycles. The highest BCUT2D eigenvalue weighted by Crippen LogP contribution is 2.21. The van der Waals surface area contributed by atoms with Gasteiger partial charge in [-0.05, 0) is 43.4 Å². The van der Waals surface area contributed by atoms with E-state index in [-0.39, 0.29) is 24.4 Å². The van der Waals surface area contributed by atoms with E-state index in [1.807, 2.05) is 17.0 Å². The van der Waals surface area contributed by atoms with Crippen molar-refractivity contribution >= 4 is 28.3 Å². The number of amides is 1. The van der Waals surface area contributed by atoms with Gasteiger partial charge in [-0.1, -0.05) is 18.6 Å². The highest BCUT2D eigenvalue weighted by Gasteiger charge is 2.26. The van der Waals surface area contributed by atoms with E-state index < -0.39 is 10.0 Å². The van der Waals surface area contributed by atoms with Crippen LogP contribution in [0.1, 0.15) is 37.7 Å². The number of likely N-dealkylation sites (tertiary alicyclic amines) is 1. The Labute approximate surface area is 162 Å². The smallest absolute Gasteiger partial charge is 0.243 e. The van der Waals surface area contributed by atoms with Crippen molar-refractivity contribution in [3.8, 4) is 0 Å². The van der Waals surface area contributed by atoms with Crippen molar-refractivity contribution in [2.75, 3.05) is 26.2 Å². The van der Waals surface area contributed by atoms with Gasteiger partial charge in [0.1, 0.15) is 0 Å². The number of hydrogen-bond acceptors (Lipinski definition) is 4. The molecule has 6 nitrogen and oxygen atoms in total. The van der Waals surface area contributed by atoms with Crippen molar-refractivity contribution < 1.29 is 13.2 Å². The molecule has 0 aromatic heterocycles. The average molecular weight is 402 g/mol. The van der Waals surface area contributed by atoms with Crippen LogP contribution in [0.15, 0.2) is 29.2 Å². The molecule has 0 bridgehead atoms. The first-order valence-corrected chi connectivity index (χ1v) is 10.5. The predicted molar refractivity (Wildman–Crippen MR) is 104 cm³/mol. The lowest BCUT2D eigenvalue weighted by atomic mass is 10.1. The van der Waals surface area contributed by atoms with Gasteiger partial charge in [0.05, 0.1) is 4.90 Å². The van der Waals surface area contributed by atoms with Crippen LogP contribution in [-0.4, -0.2) is 55.8 Å². The highest BCUT2D eigenvalue weighted by atomic mass is 35.5. The molecule has 1 amide bonds. The van der Waals surface area contributed by atoms with E-state index in [1.165, 1.54) is 0 Å². The van der Waals surface area contributed by atoms with Crippen LogP contribution in [-0.2, 0) is 21.2 Å². The first-order chi connectivity index (χ1) is 12.0. The highest BCUT2D eigenvalue weighted by molar-refractivity contribution is 7.89. The largest absolute Gasteiger partial charge is 0.341 e. The van der Waals surface area contributed by atoms with Crippen molar-refractivity contribution in [3.05, 3.63) is 29.8 Å². The average Bonchev–Trinajstić information content (AvgIpc) is 3.07. The maximum atomic E-state index is 12.6. The van der Waals surface area contributed by atoms with Crippen LogP contribution in [0.5, 0.6) is 0 Å². The van der Waals surface area contributed by atoms with Gasteiger partial charge in [0, 0.05) is 38.6 Å². The number of benzene rings is 1. The number of hydrogen-bond donors (Lipinski definition) is 1. The maximum Gasteiger partial charge on any atom is 0.243 e. The van der Waals surface area contributed by atoms with Gasteiger partial charge in [0.25, 0.3) is 0 Å². The van der Waals surface area contributed by atoms with Gasteiger partial charge in [0.15, 0.2) is 0 Å². The van der Waals surface area contributed by atoms with Crippen LogP contribution in [0.25, 0.3) is 0 Å². The number of aryl methyl sites for hydroxylation is 1. The SMILES string of the molecule is Cl.N[C@@H]1CCN(C(=O)CCc2ccc(S(=O)(=O)N3CCCCC3)cc2)C1. The van der Waals surface area contributed by atoms with E-state index in [4.69, 9.17) is 5.73 Å². The number of rotatable bonds is 5. The molecule has 0 spiro atoms. The number of halogens is 1. The lowest BCUT2D eigenvalue weighted by Gasteiger charge is -2.25. The van der Waals surface area contributed by atoms with Crippen LogP contribution < -0.4 is 5.73 Å². The summed E-state index contributed by atoms with van der Waals surface area (Å²) in [7, 11) is -3.39. The van der Waals surface area contributed by atoms with Gasteiger partial charge in [-0.3, -0.25) is 4.79 Å². The summed E-state index contributed by atoms with van der Waals surface area (Å²) in [6.07, 6.45) is 4.88. The molecule has 2 heterocycles. The minimum absolute atomic E-state index is 0. The summed E-state index contributed by atoms with van der Waals surface area (Å²) in [5, 5.41) is 0. The van der Waals surface area contributed by atoms with Crippen molar-refractivity contribution in [3.63, 3.8) is 0 Å². The molecular formula is C18H28ClN3O3S. The zero-order valence-corrected chi connectivity index (χ0v) is 16.6. The monoisotopic (exact) mass is 401 g/mol. The number of carbonyl (C=O) groups is 1. The molecule has 2 aliphatic heterocycles. The minimum atomic E-state index is -3.39. The van der Waals surface area contributed by atoms with Crippen LogP contribution in [0, 0.1) is 0 Å². The minimum Gasteiger partial charge on any atom is -0.341 e. The van der Waals surface area contributed by atoms with E-state index in [0.717, 1.165) is 37.8 Å². The summed E-state index contributed by atoms with van der Waals surface area (Å²) >= 11 is 0. The van der Waals surface area contributed by atoms with Crippen LogP contribution in [0.4, 0.5) is 0 Å². The summed E-state index contributed by atoms with van der Waals surface area (Å²) < 4.78 is 26.8. The molecule has 0 saturated carbocycles. The lowest BCUT2D eigenvalue weighted by Crippen LogP contribution is -2.35. The van der Waals surface area contributed by atoms with E-state index in [2.05, 4.69) is 0 Å². The first kappa shape index (κ1) is 21.2. The summed E-state index contributed by atoms with van der Waals surface area (Å²) in [6.45, 7) is 2.60. The molecule has 1 atom stereocenters. The number of nitrogens with two attached hydrogens (primary N) is 1. The zero-order valence-electron chi connectivity index (χ0n) is 15.0. The van der Waals surface area contributed by atoms with Crippen LogP contribution in [0.2, 0.25) is 0 Å². The molecule has 1 aromatic carbocycles. The second-order valence-corrected chi connectivity index (χ2v) is 8.94. The van der Waals surface area contributed by atoms with E-state index in [9.17, 15) is 13.2 Å². The second-order valence-electron chi connectivity index (χ2n) is 7.00. The second kappa shape index (κ2) is 9.17. The van der Waals surface area contributed by atoms with Crippen molar-refractivity contribution in [1.82, 2.24) is 9.21 Å². The summed E-state index contributed by atoms with van der Waals surface area (Å²) in [5.41, 5.74) is 6.82. The van der Waals surface area contributed by atoms with Crippen molar-refractivity contribution in [2.45, 2.75) is 49.5 Å². The van der Waals surface area contributed by atoms with Gasteiger partial charge in [-0.15, -0.1) is 12.4 Å². The molecule has 0 radical (unpaired) electrons. The quantitative estimate of drug-likeness (QED) is 0.815. The lowest BCUT2D eigenvalue weighted by molar-refractivity contribution is -0.130. The number of sulfonamides is 1. The Hall–Kier alpha value is -1.15. The van der Waals surface area contributed by atoms with Gasteiger partial charge < -0.3 is 10.6 Å². The fraction of sp³-hybridized carbons (Fsp3) is 0.611. The molecule has 8 heteroatoms. The third-order valence-electron chi connectivity index (χ3n) is 5.08. The molecule has 146 valence electrons. The first-order valence-electron chi connectivity index (χ1n) is 9.09. The van der Waals surface area contributed by atoms with Crippen molar-refractivity contribution in [1.29, 1.82) is 0 Å². The summed E-state index contributed by atoms with van der Waals surface area (Å²) in [6, 6.07) is 7.06. The third kappa shape index (κ3) is 4.97. The Morgan fingerprint density at radius 2 is 1.73 bits per heavy atom. The Bertz CT molecular complexity index is 703. The molecule has 2 N–H and O–H groups in total. The third-order valence-corrected chi connectivity index (χ3v) is 6.99. The number of piperidine rings is 1. The number of carbonyl (C=O) groups excluding carboxylic acids is 1.